The number of aromatic amines is 1. The van der Waals surface area contributed by atoms with Crippen molar-refractivity contribution in [3.8, 4) is 56.3 Å². The van der Waals surface area contributed by atoms with E-state index in [-0.39, 0.29) is 13.6 Å². The zero-order chi connectivity index (χ0) is 40.7. The summed E-state index contributed by atoms with van der Waals surface area (Å²) in [6.45, 7) is 3.85. The zero-order valence-corrected chi connectivity index (χ0v) is 36.3. The van der Waals surface area contributed by atoms with Crippen molar-refractivity contribution in [1.82, 2.24) is 40.4 Å². The second-order valence-electron chi connectivity index (χ2n) is 11.4. The van der Waals surface area contributed by atoms with E-state index >= 15 is 0 Å². The molecule has 0 radical (unpaired) electrons. The minimum atomic E-state index is 0.149. The second kappa shape index (κ2) is 25.7. The number of alkyl halides is 3. The molecule has 4 heterocycles. The Kier molecular flexibility index (Phi) is 20.4. The molecule has 4 aromatic heterocycles. The van der Waals surface area contributed by atoms with Crippen LogP contribution in [0.3, 0.4) is 0 Å². The first-order valence-corrected chi connectivity index (χ1v) is 20.8. The predicted octanol–water partition coefficient (Wildman–Crippen LogP) is 6.87. The van der Waals surface area contributed by atoms with Gasteiger partial charge in [0.1, 0.15) is 11.5 Å². The number of anilines is 2. The van der Waals surface area contributed by atoms with Gasteiger partial charge in [-0.15, -0.1) is 20.4 Å². The predicted molar refractivity (Wildman–Crippen MR) is 231 cm³/mol. The molecule has 0 saturated carbocycles. The van der Waals surface area contributed by atoms with Gasteiger partial charge in [-0.25, -0.2) is 0 Å². The first-order chi connectivity index (χ1) is 27.9. The molecule has 6 rings (SSSR count). The molecule has 16 nitrogen and oxygen atoms in total. The molecule has 0 aliphatic rings. The van der Waals surface area contributed by atoms with E-state index in [0.29, 0.717) is 54.3 Å². The Morgan fingerprint density at radius 1 is 0.632 bits per heavy atom. The molecule has 0 bridgehead atoms. The number of hydrogen-bond acceptors (Lipinski definition) is 14. The van der Waals surface area contributed by atoms with Crippen LogP contribution < -0.4 is 20.9 Å². The summed E-state index contributed by atoms with van der Waals surface area (Å²) in [6, 6.07) is 18.9. The van der Waals surface area contributed by atoms with E-state index in [1.807, 2.05) is 71.5 Å². The van der Waals surface area contributed by atoms with E-state index in [2.05, 4.69) is 83.5 Å². The quantitative estimate of drug-likeness (QED) is 0.0430. The average Bonchev–Trinajstić information content (AvgIpc) is 3.96. The number of nitrogens with two attached hydrogens (primary N) is 2. The van der Waals surface area contributed by atoms with E-state index in [0.717, 1.165) is 62.6 Å². The fraction of sp³-hybridized carbons (Fsp3) is 0.316. The molecule has 0 aliphatic carbocycles. The van der Waals surface area contributed by atoms with Gasteiger partial charge in [0.05, 0.1) is 56.8 Å². The first-order valence-electron chi connectivity index (χ1n) is 17.5. The third kappa shape index (κ3) is 14.4. The Morgan fingerprint density at radius 3 is 1.63 bits per heavy atom. The molecule has 0 saturated heterocycles. The van der Waals surface area contributed by atoms with Crippen LogP contribution in [0.2, 0.25) is 0 Å². The Balaban J connectivity index is 0.000000221. The highest BCUT2D eigenvalue weighted by Gasteiger charge is 2.15. The third-order valence-corrected chi connectivity index (χ3v) is 8.49. The summed E-state index contributed by atoms with van der Waals surface area (Å²) in [5.41, 5.74) is 18.2. The number of para-hydroxylation sites is 2. The average molecular weight is 978 g/mol. The van der Waals surface area contributed by atoms with Crippen molar-refractivity contribution in [3.63, 3.8) is 0 Å². The lowest BCUT2D eigenvalue weighted by Gasteiger charge is -2.11. The molecule has 0 atom stereocenters. The van der Waals surface area contributed by atoms with Crippen molar-refractivity contribution >= 4 is 59.4 Å². The summed E-state index contributed by atoms with van der Waals surface area (Å²) >= 11 is 9.81. The number of nitrogens with one attached hydrogen (secondary N) is 1. The van der Waals surface area contributed by atoms with Crippen LogP contribution in [0.25, 0.3) is 44.8 Å². The molecule has 304 valence electrons. The number of nitrogen functional groups attached to an aromatic ring is 2. The lowest BCUT2D eigenvalue weighted by atomic mass is 10.1. The third-order valence-electron chi connectivity index (χ3n) is 7.52. The van der Waals surface area contributed by atoms with Crippen molar-refractivity contribution in [2.75, 3.05) is 81.7 Å². The molecule has 0 fully saturated rings. The molecule has 57 heavy (non-hydrogen) atoms. The smallest absolute Gasteiger partial charge is 0.188 e. The topological polar surface area (TPSA) is 205 Å². The lowest BCUT2D eigenvalue weighted by molar-refractivity contribution is 0.0513. The van der Waals surface area contributed by atoms with Gasteiger partial charge in [-0.05, 0) is 36.4 Å². The van der Waals surface area contributed by atoms with Crippen LogP contribution in [0.5, 0.6) is 11.5 Å². The normalized spacial score (nSPS) is 10.6. The highest BCUT2D eigenvalue weighted by molar-refractivity contribution is 9.09. The fourth-order valence-corrected chi connectivity index (χ4v) is 5.62. The fourth-order valence-electron chi connectivity index (χ4n) is 4.93. The van der Waals surface area contributed by atoms with Crippen molar-refractivity contribution in [1.29, 1.82) is 0 Å². The number of nitrogens with zero attached hydrogens (tertiary/aromatic N) is 7. The van der Waals surface area contributed by atoms with Gasteiger partial charge in [-0.1, -0.05) is 72.1 Å². The van der Waals surface area contributed by atoms with E-state index in [1.165, 1.54) is 0 Å². The Hall–Kier alpha value is -4.50. The summed E-state index contributed by atoms with van der Waals surface area (Å²) in [7, 11) is 3.15. The van der Waals surface area contributed by atoms with Gasteiger partial charge in [-0.2, -0.15) is 10.2 Å². The van der Waals surface area contributed by atoms with Gasteiger partial charge in [0.2, 0.25) is 0 Å². The minimum Gasteiger partial charge on any atom is -0.467 e. The summed E-state index contributed by atoms with van der Waals surface area (Å²) in [5.74, 6) is 2.02. The van der Waals surface area contributed by atoms with Crippen LogP contribution in [-0.2, 0) is 25.5 Å². The van der Waals surface area contributed by atoms with Gasteiger partial charge in [0, 0.05) is 76.0 Å². The molecule has 6 aromatic rings. The highest BCUT2D eigenvalue weighted by atomic mass is 79.9. The van der Waals surface area contributed by atoms with Crippen LogP contribution in [0.1, 0.15) is 0 Å². The summed E-state index contributed by atoms with van der Waals surface area (Å²) in [5, 5.41) is 30.3. The molecular weight excluding hydrogens is 932 g/mol. The van der Waals surface area contributed by atoms with Gasteiger partial charge in [0.25, 0.3) is 0 Å². The van der Waals surface area contributed by atoms with E-state index in [1.54, 1.807) is 32.8 Å². The van der Waals surface area contributed by atoms with Crippen molar-refractivity contribution in [3.05, 3.63) is 85.5 Å². The number of ether oxygens (including phenoxy) is 6. The van der Waals surface area contributed by atoms with Gasteiger partial charge >= 0.3 is 0 Å². The number of H-pyrrole nitrogens is 1. The molecule has 2 aromatic carbocycles. The number of aromatic nitrogens is 8. The Bertz CT molecular complexity index is 2040. The van der Waals surface area contributed by atoms with E-state index in [9.17, 15) is 0 Å². The van der Waals surface area contributed by atoms with Gasteiger partial charge < -0.3 is 39.9 Å². The molecular formula is C38H45Br3N10O6. The number of rotatable bonds is 19. The maximum absolute atomic E-state index is 6.07. The number of halogens is 3. The molecule has 0 amide bonds. The SMILES string of the molecule is BrCCOCCBr.COCOc1ccccc1-c1cc(-c2cn[nH]c2)c(N)nn1.COCOc1ccccc1-c1cc(-c2cnn(CCOCCBr)c2)c(N)nn1. The first kappa shape index (κ1) is 45.2. The lowest BCUT2D eigenvalue weighted by Crippen LogP contribution is -2.07. The molecule has 0 aliphatic heterocycles. The van der Waals surface area contributed by atoms with Crippen LogP contribution in [0, 0.1) is 0 Å². The highest BCUT2D eigenvalue weighted by Crippen LogP contribution is 2.34. The number of hydrogen-bond donors (Lipinski definition) is 3. The Morgan fingerprint density at radius 2 is 1.14 bits per heavy atom. The molecule has 5 N–H and O–H groups in total. The van der Waals surface area contributed by atoms with Crippen LogP contribution in [0.4, 0.5) is 11.6 Å². The molecule has 0 spiro atoms. The maximum atomic E-state index is 6.07. The largest absolute Gasteiger partial charge is 0.467 e. The van der Waals surface area contributed by atoms with E-state index in [4.69, 9.17) is 39.9 Å². The van der Waals surface area contributed by atoms with Gasteiger partial charge in [-0.3, -0.25) is 9.78 Å². The summed E-state index contributed by atoms with van der Waals surface area (Å²) < 4.78 is 33.5. The summed E-state index contributed by atoms with van der Waals surface area (Å²) in [6.07, 6.45) is 7.12. The van der Waals surface area contributed by atoms with Crippen molar-refractivity contribution in [2.24, 2.45) is 0 Å². The van der Waals surface area contributed by atoms with E-state index < -0.39 is 0 Å². The monoisotopic (exact) mass is 974 g/mol. The maximum Gasteiger partial charge on any atom is 0.188 e. The van der Waals surface area contributed by atoms with Crippen molar-refractivity contribution < 1.29 is 28.4 Å². The Labute approximate surface area is 356 Å². The zero-order valence-electron chi connectivity index (χ0n) is 31.5. The standard InChI is InChI=1S/C19H22BrN5O3.C15H15N5O2.C4H8Br2O/c1-26-13-28-18-5-3-2-4-15(18)17-10-16(19(21)24-23-17)14-11-22-25(12-14)7-9-27-8-6-20;1-21-9-22-14-5-3-2-4-11(14)13-6-12(15(16)20-19-13)10-7-17-18-8-10;5-1-3-7-4-2-6/h2-5,10-12H,6-9,13H2,1H3,(H2,21,24);2-8H,9H2,1H3,(H2,16,20)(H,17,18);1-4H2. The molecule has 19 heteroatoms. The molecule has 0 unspecified atom stereocenters. The van der Waals surface area contributed by atoms with Crippen LogP contribution in [0.15, 0.2) is 85.5 Å². The number of benzene rings is 2. The van der Waals surface area contributed by atoms with Crippen molar-refractivity contribution in [2.45, 2.75) is 6.54 Å². The van der Waals surface area contributed by atoms with Gasteiger partial charge in [0.15, 0.2) is 25.2 Å². The van der Waals surface area contributed by atoms with Crippen LogP contribution >= 0.6 is 47.8 Å². The summed E-state index contributed by atoms with van der Waals surface area (Å²) in [4.78, 5) is 0. The van der Waals surface area contributed by atoms with Crippen LogP contribution in [-0.4, -0.2) is 111 Å². The number of methoxy groups -OCH3 is 2. The second-order valence-corrected chi connectivity index (χ2v) is 13.8. The minimum absolute atomic E-state index is 0.149.